The molecule has 21 heavy (non-hydrogen) atoms. The molecule has 0 radical (unpaired) electrons. The maximum Gasteiger partial charge on any atom is 0.273 e. The summed E-state index contributed by atoms with van der Waals surface area (Å²) < 4.78 is 1.72. The fraction of sp³-hybridized carbons (Fsp3) is 0.375. The van der Waals surface area contributed by atoms with Crippen LogP contribution in [0, 0.1) is 13.8 Å². The molecule has 0 unspecified atom stereocenters. The van der Waals surface area contributed by atoms with E-state index in [-0.39, 0.29) is 5.91 Å². The third-order valence-electron chi connectivity index (χ3n) is 3.59. The van der Waals surface area contributed by atoms with Crippen LogP contribution in [0.2, 0.25) is 0 Å². The van der Waals surface area contributed by atoms with E-state index in [9.17, 15) is 4.79 Å². The highest BCUT2D eigenvalue weighted by molar-refractivity contribution is 6.03. The Bertz CT molecular complexity index is 673. The average Bonchev–Trinajstić information content (AvgIpc) is 2.88. The second kappa shape index (κ2) is 5.99. The summed E-state index contributed by atoms with van der Waals surface area (Å²) in [5.41, 5.74) is 10.8. The van der Waals surface area contributed by atoms with Crippen molar-refractivity contribution in [3.8, 4) is 0 Å². The van der Waals surface area contributed by atoms with Gasteiger partial charge in [0.1, 0.15) is 5.69 Å². The largest absolute Gasteiger partial charge is 0.398 e. The molecule has 0 aliphatic carbocycles. The zero-order chi connectivity index (χ0) is 15.6. The highest BCUT2D eigenvalue weighted by Crippen LogP contribution is 2.23. The molecular weight excluding hydrogens is 264 g/mol. The van der Waals surface area contributed by atoms with Crippen molar-refractivity contribution in [3.63, 3.8) is 0 Å². The SMILES string of the molecule is CCc1cc(C(=O)Nc2cc(N)c(C)cc2C)n(CC)n1. The lowest BCUT2D eigenvalue weighted by Crippen LogP contribution is -2.18. The van der Waals surface area contributed by atoms with Crippen LogP contribution in [0.1, 0.15) is 41.2 Å². The molecule has 1 aromatic carbocycles. The van der Waals surface area contributed by atoms with Gasteiger partial charge in [-0.2, -0.15) is 5.10 Å². The summed E-state index contributed by atoms with van der Waals surface area (Å²) in [6.07, 6.45) is 0.809. The Morgan fingerprint density at radius 1 is 1.24 bits per heavy atom. The van der Waals surface area contributed by atoms with E-state index in [1.54, 1.807) is 10.7 Å². The lowest BCUT2D eigenvalue weighted by molar-refractivity contribution is 0.101. The van der Waals surface area contributed by atoms with E-state index in [2.05, 4.69) is 10.4 Å². The number of nitrogens with zero attached hydrogens (tertiary/aromatic N) is 2. The molecule has 112 valence electrons. The molecule has 0 spiro atoms. The molecule has 0 atom stereocenters. The minimum atomic E-state index is -0.157. The first-order chi connectivity index (χ1) is 9.96. The van der Waals surface area contributed by atoms with Crippen LogP contribution >= 0.6 is 0 Å². The second-order valence-corrected chi connectivity index (χ2v) is 5.17. The minimum absolute atomic E-state index is 0.157. The zero-order valence-corrected chi connectivity index (χ0v) is 13.0. The number of aryl methyl sites for hydroxylation is 4. The first-order valence-corrected chi connectivity index (χ1v) is 7.21. The summed E-state index contributed by atoms with van der Waals surface area (Å²) in [5.74, 6) is -0.157. The fourth-order valence-electron chi connectivity index (χ4n) is 2.26. The van der Waals surface area contributed by atoms with Gasteiger partial charge in [0.05, 0.1) is 5.69 Å². The van der Waals surface area contributed by atoms with Crippen LogP contribution in [0.4, 0.5) is 11.4 Å². The van der Waals surface area contributed by atoms with E-state index < -0.39 is 0 Å². The second-order valence-electron chi connectivity index (χ2n) is 5.17. The number of carbonyl (C=O) groups is 1. The van der Waals surface area contributed by atoms with E-state index in [1.807, 2.05) is 39.8 Å². The molecule has 0 aliphatic rings. The Balaban J connectivity index is 2.30. The van der Waals surface area contributed by atoms with Gasteiger partial charge in [-0.25, -0.2) is 0 Å². The van der Waals surface area contributed by atoms with Gasteiger partial charge in [-0.15, -0.1) is 0 Å². The lowest BCUT2D eigenvalue weighted by atomic mass is 10.1. The number of nitrogens with two attached hydrogens (primary N) is 1. The Hall–Kier alpha value is -2.30. The first-order valence-electron chi connectivity index (χ1n) is 7.21. The molecule has 1 amide bonds. The van der Waals surface area contributed by atoms with Crippen LogP contribution in [0.5, 0.6) is 0 Å². The molecule has 0 aliphatic heterocycles. The van der Waals surface area contributed by atoms with Crippen molar-refractivity contribution in [1.82, 2.24) is 9.78 Å². The van der Waals surface area contributed by atoms with Crippen molar-refractivity contribution >= 4 is 17.3 Å². The van der Waals surface area contributed by atoms with Crippen LogP contribution in [0.25, 0.3) is 0 Å². The molecule has 2 aromatic rings. The van der Waals surface area contributed by atoms with Crippen molar-refractivity contribution < 1.29 is 4.79 Å². The smallest absolute Gasteiger partial charge is 0.273 e. The molecule has 2 rings (SSSR count). The molecule has 1 aromatic heterocycles. The van der Waals surface area contributed by atoms with Gasteiger partial charge in [-0.3, -0.25) is 9.48 Å². The van der Waals surface area contributed by atoms with Gasteiger partial charge in [0.25, 0.3) is 5.91 Å². The molecule has 0 bridgehead atoms. The van der Waals surface area contributed by atoms with Gasteiger partial charge in [0.2, 0.25) is 0 Å². The van der Waals surface area contributed by atoms with E-state index in [4.69, 9.17) is 5.73 Å². The van der Waals surface area contributed by atoms with Gasteiger partial charge in [0, 0.05) is 17.9 Å². The van der Waals surface area contributed by atoms with Crippen molar-refractivity contribution in [2.75, 3.05) is 11.1 Å². The summed E-state index contributed by atoms with van der Waals surface area (Å²) in [4.78, 5) is 12.5. The topological polar surface area (TPSA) is 72.9 Å². The summed E-state index contributed by atoms with van der Waals surface area (Å²) in [7, 11) is 0. The highest BCUT2D eigenvalue weighted by Gasteiger charge is 2.15. The number of aromatic nitrogens is 2. The van der Waals surface area contributed by atoms with Crippen molar-refractivity contribution in [3.05, 3.63) is 40.7 Å². The third kappa shape index (κ3) is 3.07. The number of nitrogens with one attached hydrogen (secondary N) is 1. The van der Waals surface area contributed by atoms with Crippen LogP contribution in [-0.2, 0) is 13.0 Å². The number of nitrogen functional groups attached to an aromatic ring is 1. The summed E-state index contributed by atoms with van der Waals surface area (Å²) >= 11 is 0. The van der Waals surface area contributed by atoms with Crippen molar-refractivity contribution in [2.24, 2.45) is 0 Å². The Morgan fingerprint density at radius 2 is 1.95 bits per heavy atom. The predicted octanol–water partition coefficient (Wildman–Crippen LogP) is 2.92. The molecule has 0 saturated heterocycles. The van der Waals surface area contributed by atoms with E-state index in [0.29, 0.717) is 17.9 Å². The molecule has 5 nitrogen and oxygen atoms in total. The monoisotopic (exact) mass is 286 g/mol. The summed E-state index contributed by atoms with van der Waals surface area (Å²) in [6, 6.07) is 5.61. The number of anilines is 2. The first kappa shape index (κ1) is 15.1. The number of hydrogen-bond donors (Lipinski definition) is 2. The number of hydrogen-bond acceptors (Lipinski definition) is 3. The van der Waals surface area contributed by atoms with E-state index in [0.717, 1.165) is 28.9 Å². The Kier molecular flexibility index (Phi) is 4.31. The minimum Gasteiger partial charge on any atom is -0.398 e. The number of benzene rings is 1. The Morgan fingerprint density at radius 3 is 2.57 bits per heavy atom. The van der Waals surface area contributed by atoms with Gasteiger partial charge in [-0.1, -0.05) is 13.0 Å². The van der Waals surface area contributed by atoms with Crippen LogP contribution in [0.15, 0.2) is 18.2 Å². The average molecular weight is 286 g/mol. The van der Waals surface area contributed by atoms with E-state index in [1.165, 1.54) is 0 Å². The van der Waals surface area contributed by atoms with Gasteiger partial charge in [0.15, 0.2) is 0 Å². The molecule has 0 fully saturated rings. The van der Waals surface area contributed by atoms with Crippen molar-refractivity contribution in [1.29, 1.82) is 0 Å². The third-order valence-corrected chi connectivity index (χ3v) is 3.59. The predicted molar refractivity (Wildman–Crippen MR) is 85.6 cm³/mol. The maximum absolute atomic E-state index is 12.5. The van der Waals surface area contributed by atoms with Gasteiger partial charge in [-0.05, 0) is 50.5 Å². The molecule has 0 saturated carbocycles. The van der Waals surface area contributed by atoms with E-state index >= 15 is 0 Å². The van der Waals surface area contributed by atoms with Crippen molar-refractivity contribution in [2.45, 2.75) is 40.7 Å². The standard InChI is InChI=1S/C16H22N4O/c1-5-12-8-15(20(6-2)19-12)16(21)18-14-9-13(17)10(3)7-11(14)4/h7-9H,5-6,17H2,1-4H3,(H,18,21). The van der Waals surface area contributed by atoms with Crippen LogP contribution in [-0.4, -0.2) is 15.7 Å². The summed E-state index contributed by atoms with van der Waals surface area (Å²) in [5, 5.41) is 7.32. The normalized spacial score (nSPS) is 10.7. The quantitative estimate of drug-likeness (QED) is 0.849. The summed E-state index contributed by atoms with van der Waals surface area (Å²) in [6.45, 7) is 8.56. The van der Waals surface area contributed by atoms with Crippen LogP contribution in [0.3, 0.4) is 0 Å². The highest BCUT2D eigenvalue weighted by atomic mass is 16.2. The lowest BCUT2D eigenvalue weighted by Gasteiger charge is -2.11. The van der Waals surface area contributed by atoms with Gasteiger partial charge < -0.3 is 11.1 Å². The number of amides is 1. The Labute approximate surface area is 125 Å². The number of carbonyl (C=O) groups excluding carboxylic acids is 1. The molecule has 3 N–H and O–H groups in total. The fourth-order valence-corrected chi connectivity index (χ4v) is 2.26. The maximum atomic E-state index is 12.5. The molecular formula is C16H22N4O. The van der Waals surface area contributed by atoms with Crippen LogP contribution < -0.4 is 11.1 Å². The number of rotatable bonds is 4. The zero-order valence-electron chi connectivity index (χ0n) is 13.0. The molecule has 5 heteroatoms. The van der Waals surface area contributed by atoms with Gasteiger partial charge >= 0.3 is 0 Å². The molecule has 1 heterocycles.